The van der Waals surface area contributed by atoms with Gasteiger partial charge >= 0.3 is 0 Å². The summed E-state index contributed by atoms with van der Waals surface area (Å²) in [5.74, 6) is -0.807. The van der Waals surface area contributed by atoms with Gasteiger partial charge in [-0.25, -0.2) is 4.39 Å². The molecule has 0 unspecified atom stereocenters. The Balaban J connectivity index is 1.87. The molecule has 0 spiro atoms. The maximum absolute atomic E-state index is 14.0. The van der Waals surface area contributed by atoms with Crippen LogP contribution < -0.4 is 4.74 Å². The molecule has 0 N–H and O–H groups in total. The topological polar surface area (TPSA) is 38.8 Å². The Morgan fingerprint density at radius 1 is 1.20 bits per heavy atom. The minimum Gasteiger partial charge on any atom is -0.494 e. The number of rotatable bonds is 6. The molecular formula is C20H22FNO3. The summed E-state index contributed by atoms with van der Waals surface area (Å²) in [4.78, 5) is 15.3. The summed E-state index contributed by atoms with van der Waals surface area (Å²) in [5, 5.41) is 0. The molecule has 5 heteroatoms. The van der Waals surface area contributed by atoms with Gasteiger partial charge in [0.25, 0.3) is 0 Å². The average molecular weight is 343 g/mol. The zero-order valence-electron chi connectivity index (χ0n) is 14.3. The van der Waals surface area contributed by atoms with Gasteiger partial charge in [0.1, 0.15) is 0 Å². The molecule has 4 nitrogen and oxygen atoms in total. The van der Waals surface area contributed by atoms with Gasteiger partial charge in [-0.15, -0.1) is 0 Å². The molecule has 2 aromatic carbocycles. The van der Waals surface area contributed by atoms with E-state index < -0.39 is 5.82 Å². The first-order valence-electron chi connectivity index (χ1n) is 8.42. The lowest BCUT2D eigenvalue weighted by molar-refractivity contribution is 0.0345. The Bertz CT molecular complexity index is 714. The highest BCUT2D eigenvalue weighted by Gasteiger charge is 2.26. The number of Topliss-reactive ketones (excluding diaryl/α,β-unsaturated/α-hetero) is 1. The molecule has 1 aliphatic rings. The van der Waals surface area contributed by atoms with Crippen molar-refractivity contribution < 1.29 is 18.7 Å². The maximum atomic E-state index is 14.0. The maximum Gasteiger partial charge on any atom is 0.171 e. The Morgan fingerprint density at radius 2 is 1.92 bits per heavy atom. The fourth-order valence-electron chi connectivity index (χ4n) is 3.09. The average Bonchev–Trinajstić information content (AvgIpc) is 2.67. The van der Waals surface area contributed by atoms with Crippen LogP contribution >= 0.6 is 0 Å². The molecule has 1 atom stereocenters. The van der Waals surface area contributed by atoms with Crippen LogP contribution in [-0.4, -0.2) is 50.6 Å². The SMILES string of the molecule is COc1ccc(C(=O)[C@H](CN2CCOCC2)c2ccccc2)cc1F. The van der Waals surface area contributed by atoms with Gasteiger partial charge in [-0.1, -0.05) is 30.3 Å². The standard InChI is InChI=1S/C20H22FNO3/c1-24-19-8-7-16(13-18(19)21)20(23)17(15-5-3-2-4-6-15)14-22-9-11-25-12-10-22/h2-8,13,17H,9-12,14H2,1H3/t17-/m1/s1. The number of hydrogen-bond donors (Lipinski definition) is 0. The third-order valence-electron chi connectivity index (χ3n) is 4.50. The van der Waals surface area contributed by atoms with E-state index in [0.717, 1.165) is 18.7 Å². The molecule has 1 aliphatic heterocycles. The highest BCUT2D eigenvalue weighted by Crippen LogP contribution is 2.25. The molecule has 0 bridgehead atoms. The van der Waals surface area contributed by atoms with Crippen molar-refractivity contribution in [3.8, 4) is 5.75 Å². The van der Waals surface area contributed by atoms with Crippen molar-refractivity contribution in [1.29, 1.82) is 0 Å². The molecule has 2 aromatic rings. The molecule has 1 heterocycles. The molecule has 0 aromatic heterocycles. The van der Waals surface area contributed by atoms with Crippen LogP contribution in [0.5, 0.6) is 5.75 Å². The molecule has 1 saturated heterocycles. The van der Waals surface area contributed by atoms with Crippen LogP contribution in [0.4, 0.5) is 4.39 Å². The lowest BCUT2D eigenvalue weighted by Gasteiger charge is -2.30. The second kappa shape index (κ2) is 8.23. The fourth-order valence-corrected chi connectivity index (χ4v) is 3.09. The highest BCUT2D eigenvalue weighted by molar-refractivity contribution is 6.01. The number of halogens is 1. The fraction of sp³-hybridized carbons (Fsp3) is 0.350. The summed E-state index contributed by atoms with van der Waals surface area (Å²) in [6.45, 7) is 3.54. The lowest BCUT2D eigenvalue weighted by atomic mass is 9.90. The van der Waals surface area contributed by atoms with E-state index in [2.05, 4.69) is 4.90 Å². The van der Waals surface area contributed by atoms with Crippen LogP contribution in [0.15, 0.2) is 48.5 Å². The molecule has 0 aliphatic carbocycles. The van der Waals surface area contributed by atoms with Gasteiger partial charge in [-0.05, 0) is 23.8 Å². The van der Waals surface area contributed by atoms with Crippen LogP contribution in [0, 0.1) is 5.82 Å². The van der Waals surface area contributed by atoms with Crippen LogP contribution in [0.25, 0.3) is 0 Å². The number of carbonyl (C=O) groups excluding carboxylic acids is 1. The van der Waals surface area contributed by atoms with Gasteiger partial charge in [0.15, 0.2) is 17.3 Å². The Hall–Kier alpha value is -2.24. The second-order valence-corrected chi connectivity index (χ2v) is 6.09. The van der Waals surface area contributed by atoms with E-state index in [1.54, 1.807) is 6.07 Å². The van der Waals surface area contributed by atoms with Gasteiger partial charge in [0.05, 0.1) is 26.2 Å². The normalized spacial score (nSPS) is 16.4. The second-order valence-electron chi connectivity index (χ2n) is 6.09. The van der Waals surface area contributed by atoms with Gasteiger partial charge < -0.3 is 9.47 Å². The molecule has 1 fully saturated rings. The van der Waals surface area contributed by atoms with Crippen molar-refractivity contribution in [2.75, 3.05) is 40.0 Å². The highest BCUT2D eigenvalue weighted by atomic mass is 19.1. The van der Waals surface area contributed by atoms with Gasteiger partial charge in [-0.2, -0.15) is 0 Å². The summed E-state index contributed by atoms with van der Waals surface area (Å²) < 4.78 is 24.4. The van der Waals surface area contributed by atoms with E-state index in [4.69, 9.17) is 9.47 Å². The Kier molecular flexibility index (Phi) is 5.79. The summed E-state index contributed by atoms with van der Waals surface area (Å²) in [7, 11) is 1.41. The van der Waals surface area contributed by atoms with Crippen LogP contribution in [0.1, 0.15) is 21.8 Å². The molecule has 25 heavy (non-hydrogen) atoms. The monoisotopic (exact) mass is 343 g/mol. The van der Waals surface area contributed by atoms with E-state index in [0.29, 0.717) is 25.3 Å². The molecule has 0 amide bonds. The first kappa shape index (κ1) is 17.6. The minimum absolute atomic E-state index is 0.0840. The zero-order chi connectivity index (χ0) is 17.6. The van der Waals surface area contributed by atoms with E-state index in [1.807, 2.05) is 30.3 Å². The number of ether oxygens (including phenoxy) is 2. The van der Waals surface area contributed by atoms with Crippen LogP contribution in [0.3, 0.4) is 0 Å². The van der Waals surface area contributed by atoms with E-state index >= 15 is 0 Å². The zero-order valence-corrected chi connectivity index (χ0v) is 14.3. The third kappa shape index (κ3) is 4.24. The number of ketones is 1. The Morgan fingerprint density at radius 3 is 2.56 bits per heavy atom. The van der Waals surface area contributed by atoms with Gasteiger partial charge in [-0.3, -0.25) is 9.69 Å². The van der Waals surface area contributed by atoms with Crippen molar-refractivity contribution in [3.05, 3.63) is 65.5 Å². The van der Waals surface area contributed by atoms with Crippen molar-refractivity contribution >= 4 is 5.78 Å². The number of morpholine rings is 1. The van der Waals surface area contributed by atoms with Crippen molar-refractivity contribution in [2.24, 2.45) is 0 Å². The summed E-state index contributed by atoms with van der Waals surface area (Å²) in [5.41, 5.74) is 1.30. The molecule has 0 radical (unpaired) electrons. The van der Waals surface area contributed by atoms with Crippen LogP contribution in [0.2, 0.25) is 0 Å². The van der Waals surface area contributed by atoms with Crippen molar-refractivity contribution in [3.63, 3.8) is 0 Å². The number of nitrogens with zero attached hydrogens (tertiary/aromatic N) is 1. The quantitative estimate of drug-likeness (QED) is 0.756. The van der Waals surface area contributed by atoms with Gasteiger partial charge in [0.2, 0.25) is 0 Å². The molecule has 132 valence electrons. The Labute approximate surface area is 147 Å². The van der Waals surface area contributed by atoms with E-state index in [1.165, 1.54) is 19.2 Å². The summed E-state index contributed by atoms with van der Waals surface area (Å²) in [6.07, 6.45) is 0. The smallest absolute Gasteiger partial charge is 0.171 e. The summed E-state index contributed by atoms with van der Waals surface area (Å²) >= 11 is 0. The molecular weight excluding hydrogens is 321 g/mol. The molecule has 3 rings (SSSR count). The minimum atomic E-state index is -0.522. The van der Waals surface area contributed by atoms with Gasteiger partial charge in [0, 0.05) is 25.2 Å². The van der Waals surface area contributed by atoms with Crippen molar-refractivity contribution in [1.82, 2.24) is 4.90 Å². The van der Waals surface area contributed by atoms with E-state index in [9.17, 15) is 9.18 Å². The number of methoxy groups -OCH3 is 1. The largest absolute Gasteiger partial charge is 0.494 e. The first-order valence-corrected chi connectivity index (χ1v) is 8.42. The predicted molar refractivity (Wildman–Crippen MR) is 93.7 cm³/mol. The molecule has 0 saturated carbocycles. The number of hydrogen-bond acceptors (Lipinski definition) is 4. The number of benzene rings is 2. The van der Waals surface area contributed by atoms with Crippen molar-refractivity contribution in [2.45, 2.75) is 5.92 Å². The summed E-state index contributed by atoms with van der Waals surface area (Å²) in [6, 6.07) is 14.0. The number of carbonyl (C=O) groups is 1. The predicted octanol–water partition coefficient (Wildman–Crippen LogP) is 3.13. The lowest BCUT2D eigenvalue weighted by Crippen LogP contribution is -2.40. The third-order valence-corrected chi connectivity index (χ3v) is 4.50. The first-order chi connectivity index (χ1) is 12.2. The van der Waals surface area contributed by atoms with Crippen LogP contribution in [-0.2, 0) is 4.74 Å². The van der Waals surface area contributed by atoms with E-state index in [-0.39, 0.29) is 17.5 Å².